The van der Waals surface area contributed by atoms with E-state index in [2.05, 4.69) is 44.3 Å². The molecule has 7 rings (SSSR count). The zero-order valence-electron chi connectivity index (χ0n) is 31.2. The van der Waals surface area contributed by atoms with Crippen LogP contribution in [0, 0.1) is 5.92 Å². The number of carbonyl (C=O) groups is 2. The van der Waals surface area contributed by atoms with E-state index in [9.17, 15) is 14.7 Å². The van der Waals surface area contributed by atoms with Gasteiger partial charge in [-0.05, 0) is 53.4 Å². The molecule has 2 amide bonds. The lowest BCUT2D eigenvalue weighted by Crippen LogP contribution is -2.56. The Bertz CT molecular complexity index is 1980. The van der Waals surface area contributed by atoms with Gasteiger partial charge in [-0.3, -0.25) is 9.59 Å². The predicted molar refractivity (Wildman–Crippen MR) is 210 cm³/mol. The van der Waals surface area contributed by atoms with Crippen molar-refractivity contribution in [2.45, 2.75) is 76.0 Å². The Balaban J connectivity index is 1.24. The Morgan fingerprint density at radius 2 is 1.68 bits per heavy atom. The van der Waals surface area contributed by atoms with Gasteiger partial charge in [-0.2, -0.15) is 5.10 Å². The van der Waals surface area contributed by atoms with Crippen LogP contribution >= 0.6 is 0 Å². The van der Waals surface area contributed by atoms with Crippen molar-refractivity contribution in [3.63, 3.8) is 0 Å². The second-order valence-electron chi connectivity index (χ2n) is 15.0. The van der Waals surface area contributed by atoms with E-state index in [0.717, 1.165) is 28.2 Å². The second-order valence-corrected chi connectivity index (χ2v) is 19.8. The number of anilines is 1. The molecule has 3 heterocycles. The van der Waals surface area contributed by atoms with Crippen LogP contribution in [-0.4, -0.2) is 68.6 Å². The molecule has 9 nitrogen and oxygen atoms in total. The molecular formula is C43H49N3O6Si. The van der Waals surface area contributed by atoms with Crippen LogP contribution in [0.25, 0.3) is 0 Å². The average Bonchev–Trinajstić information content (AvgIpc) is 3.19. The van der Waals surface area contributed by atoms with Crippen LogP contribution in [0.5, 0.6) is 11.5 Å². The van der Waals surface area contributed by atoms with Crippen LogP contribution in [0.4, 0.5) is 5.69 Å². The number of carbonyl (C=O) groups excluding carboxylic acids is 2. The molecular weight excluding hydrogens is 683 g/mol. The van der Waals surface area contributed by atoms with E-state index in [4.69, 9.17) is 19.3 Å². The summed E-state index contributed by atoms with van der Waals surface area (Å²) in [6.07, 6.45) is 1.14. The van der Waals surface area contributed by atoms with Crippen molar-refractivity contribution >= 4 is 36.5 Å². The minimum atomic E-state index is -2.47. The number of nitrogens with zero attached hydrogens (tertiary/aromatic N) is 3. The first-order valence-electron chi connectivity index (χ1n) is 18.5. The van der Waals surface area contributed by atoms with E-state index >= 15 is 0 Å². The lowest BCUT2D eigenvalue weighted by Gasteiger charge is -2.46. The number of ether oxygens (including phenoxy) is 3. The Kier molecular flexibility index (Phi) is 10.6. The monoisotopic (exact) mass is 731 g/mol. The summed E-state index contributed by atoms with van der Waals surface area (Å²) < 4.78 is 18.8. The molecule has 3 aliphatic heterocycles. The van der Waals surface area contributed by atoms with Gasteiger partial charge in [-0.15, -0.1) is 0 Å². The molecule has 1 unspecified atom stereocenters. The van der Waals surface area contributed by atoms with Gasteiger partial charge in [0, 0.05) is 49.9 Å². The summed E-state index contributed by atoms with van der Waals surface area (Å²) >= 11 is 0. The normalized spacial score (nSPS) is 21.9. The number of hydrazone groups is 1. The van der Waals surface area contributed by atoms with Crippen LogP contribution in [0.1, 0.15) is 54.5 Å². The number of fused-ring (bicyclic) bond motifs is 2. The van der Waals surface area contributed by atoms with E-state index < -0.39 is 8.07 Å². The summed E-state index contributed by atoms with van der Waals surface area (Å²) in [7, 11) is 0.899. The maximum atomic E-state index is 14.6. The third kappa shape index (κ3) is 7.15. The Morgan fingerprint density at radius 1 is 0.962 bits per heavy atom. The highest BCUT2D eigenvalue weighted by atomic mass is 28.3. The highest BCUT2D eigenvalue weighted by Gasteiger charge is 2.49. The van der Waals surface area contributed by atoms with Crippen molar-refractivity contribution in [2.24, 2.45) is 11.0 Å². The van der Waals surface area contributed by atoms with Gasteiger partial charge in [0.2, 0.25) is 11.8 Å². The van der Waals surface area contributed by atoms with Crippen molar-refractivity contribution in [1.29, 1.82) is 0 Å². The third-order valence-electron chi connectivity index (χ3n) is 11.6. The number of methoxy groups -OCH3 is 2. The number of amides is 2. The molecule has 5 atom stereocenters. The molecule has 10 heteroatoms. The topological polar surface area (TPSA) is 101 Å². The van der Waals surface area contributed by atoms with Crippen LogP contribution in [0.15, 0.2) is 102 Å². The quantitative estimate of drug-likeness (QED) is 0.184. The fourth-order valence-corrected chi connectivity index (χ4v) is 11.8. The molecule has 4 aromatic carbocycles. The van der Waals surface area contributed by atoms with Crippen molar-refractivity contribution < 1.29 is 28.9 Å². The minimum Gasteiger partial charge on any atom is -0.497 e. The Labute approximate surface area is 313 Å². The van der Waals surface area contributed by atoms with Gasteiger partial charge in [0.05, 0.1) is 45.3 Å². The first kappa shape index (κ1) is 36.6. The molecule has 0 aromatic heterocycles. The van der Waals surface area contributed by atoms with Gasteiger partial charge in [-0.25, -0.2) is 5.01 Å². The summed E-state index contributed by atoms with van der Waals surface area (Å²) in [4.78, 5) is 29.7. The summed E-state index contributed by atoms with van der Waals surface area (Å²) in [5.41, 5.74) is 5.53. The minimum absolute atomic E-state index is 0.0132. The number of benzene rings is 4. The van der Waals surface area contributed by atoms with E-state index in [1.165, 1.54) is 15.8 Å². The summed E-state index contributed by atoms with van der Waals surface area (Å²) in [5.74, 6) is 1.27. The first-order valence-corrected chi connectivity index (χ1v) is 21.6. The maximum Gasteiger partial charge on any atom is 0.247 e. The second kappa shape index (κ2) is 15.3. The molecule has 0 saturated carbocycles. The fraction of sp³-hybridized carbons (Fsp3) is 0.372. The zero-order valence-corrected chi connectivity index (χ0v) is 32.2. The summed E-state index contributed by atoms with van der Waals surface area (Å²) in [6, 6.07) is 31.8. The molecule has 0 radical (unpaired) electrons. The van der Waals surface area contributed by atoms with E-state index in [-0.39, 0.29) is 54.6 Å². The number of hydrogen-bond donors (Lipinski definition) is 1. The van der Waals surface area contributed by atoms with E-state index in [1.807, 2.05) is 77.7 Å². The number of aliphatic hydroxyl groups is 1. The SMILES string of the molecule is COc1ccc([Si](C)(C)C(CC(=O)N2Cc3ccccc3C[C@H]2CO)[C@@H]2Oc3ccc(N4N=C(c5ccccc5)CCC4=O)cc3[C@H](OC)[C@H]2C)cc1. The molecule has 0 bridgehead atoms. The Hall–Kier alpha value is -4.77. The summed E-state index contributed by atoms with van der Waals surface area (Å²) in [6.45, 7) is 7.12. The van der Waals surface area contributed by atoms with Gasteiger partial charge < -0.3 is 24.2 Å². The predicted octanol–water partition coefficient (Wildman–Crippen LogP) is 6.63. The van der Waals surface area contributed by atoms with Gasteiger partial charge in [0.15, 0.2) is 0 Å². The molecule has 4 aromatic rings. The number of aliphatic hydroxyl groups excluding tert-OH is 1. The standard InChI is InChI=1S/C43H49N3O6Si/c1-28-42(51-3)36-24-32(46-40(48)22-20-37(44-46)29-11-7-6-8-12-29)15-21-38(36)52-43(28)39(53(4,5)35-18-16-34(50-2)17-19-35)25-41(49)45-26-31-14-10-9-13-30(31)23-33(45)27-47/h6-19,21,24,28,33,39,42-43,47H,20,22-23,25-27H2,1-5H3/t28-,33+,39?,42-,43-/m1/s1. The van der Waals surface area contributed by atoms with Gasteiger partial charge >= 0.3 is 0 Å². The van der Waals surface area contributed by atoms with Gasteiger partial charge in [-0.1, -0.05) is 91.9 Å². The molecule has 0 spiro atoms. The molecule has 1 N–H and O–H groups in total. The molecule has 276 valence electrons. The van der Waals surface area contributed by atoms with Gasteiger partial charge in [0.25, 0.3) is 0 Å². The van der Waals surface area contributed by atoms with Crippen molar-refractivity contribution in [3.05, 3.63) is 119 Å². The number of rotatable bonds is 10. The average molecular weight is 732 g/mol. The van der Waals surface area contributed by atoms with E-state index in [0.29, 0.717) is 37.2 Å². The molecule has 3 aliphatic rings. The molecule has 0 fully saturated rings. The van der Waals surface area contributed by atoms with Crippen molar-refractivity contribution in [2.75, 3.05) is 25.8 Å². The van der Waals surface area contributed by atoms with Crippen molar-refractivity contribution in [3.8, 4) is 11.5 Å². The lowest BCUT2D eigenvalue weighted by molar-refractivity contribution is -0.136. The summed E-state index contributed by atoms with van der Waals surface area (Å²) in [5, 5.41) is 18.0. The van der Waals surface area contributed by atoms with E-state index in [1.54, 1.807) is 14.2 Å². The lowest BCUT2D eigenvalue weighted by atomic mass is 9.86. The first-order chi connectivity index (χ1) is 25.6. The van der Waals surface area contributed by atoms with Gasteiger partial charge in [0.1, 0.15) is 17.6 Å². The maximum absolute atomic E-state index is 14.6. The number of hydrogen-bond acceptors (Lipinski definition) is 7. The van der Waals surface area contributed by atoms with Crippen LogP contribution in [0.2, 0.25) is 18.6 Å². The van der Waals surface area contributed by atoms with Crippen LogP contribution < -0.4 is 19.7 Å². The molecule has 0 aliphatic carbocycles. The Morgan fingerprint density at radius 3 is 2.38 bits per heavy atom. The largest absolute Gasteiger partial charge is 0.497 e. The highest BCUT2D eigenvalue weighted by Crippen LogP contribution is 2.48. The molecule has 0 saturated heterocycles. The third-order valence-corrected chi connectivity index (χ3v) is 15.8. The van der Waals surface area contributed by atoms with Crippen molar-refractivity contribution in [1.82, 2.24) is 4.90 Å². The zero-order chi connectivity index (χ0) is 37.3. The van der Waals surface area contributed by atoms with Crippen LogP contribution in [-0.2, 0) is 27.3 Å². The molecule has 53 heavy (non-hydrogen) atoms. The fourth-order valence-electron chi connectivity index (χ4n) is 8.45. The smallest absolute Gasteiger partial charge is 0.247 e. The van der Waals surface area contributed by atoms with Crippen LogP contribution in [0.3, 0.4) is 0 Å². The highest BCUT2D eigenvalue weighted by molar-refractivity contribution is 6.91.